The van der Waals surface area contributed by atoms with Crippen molar-refractivity contribution < 1.29 is 9.47 Å². The Morgan fingerprint density at radius 3 is 2.26 bits per heavy atom. The first-order valence-corrected chi connectivity index (χ1v) is 13.1. The van der Waals surface area contributed by atoms with E-state index in [1.807, 2.05) is 91.1 Å². The molecule has 0 radical (unpaired) electrons. The molecule has 0 aliphatic carbocycles. The van der Waals surface area contributed by atoms with E-state index in [-0.39, 0.29) is 12.1 Å². The lowest BCUT2D eigenvalue weighted by atomic mass is 10.0. The third-order valence-electron chi connectivity index (χ3n) is 6.55. The highest BCUT2D eigenvalue weighted by Crippen LogP contribution is 2.42. The smallest absolute Gasteiger partial charge is 0.174 e. The Labute approximate surface area is 236 Å². The lowest BCUT2D eigenvalue weighted by Gasteiger charge is -2.29. The van der Waals surface area contributed by atoms with Gasteiger partial charge in [0.25, 0.3) is 0 Å². The molecule has 6 rings (SSSR count). The fourth-order valence-electron chi connectivity index (χ4n) is 4.74. The number of anilines is 1. The number of ether oxygens (including phenoxy) is 2. The van der Waals surface area contributed by atoms with Gasteiger partial charge in [-0.2, -0.15) is 0 Å². The highest BCUT2D eigenvalue weighted by atomic mass is 35.5. The molecule has 1 fully saturated rings. The van der Waals surface area contributed by atoms with E-state index in [1.165, 1.54) is 0 Å². The van der Waals surface area contributed by atoms with Gasteiger partial charge in [-0.3, -0.25) is 4.98 Å². The maximum absolute atomic E-state index is 6.11. The summed E-state index contributed by atoms with van der Waals surface area (Å²) in [6, 6.07) is 28.7. The Morgan fingerprint density at radius 2 is 1.59 bits per heavy atom. The normalized spacial score (nSPS) is 16.7. The summed E-state index contributed by atoms with van der Waals surface area (Å²) >= 11 is 12.0. The van der Waals surface area contributed by atoms with E-state index in [0.29, 0.717) is 15.9 Å². The van der Waals surface area contributed by atoms with Crippen LogP contribution in [0.4, 0.5) is 5.69 Å². The summed E-state index contributed by atoms with van der Waals surface area (Å²) in [5, 5.41) is 4.70. The molecule has 7 nitrogen and oxygen atoms in total. The van der Waals surface area contributed by atoms with Gasteiger partial charge < -0.3 is 24.3 Å². The molecular formula is C30H24ClN5O2S. The Hall–Kier alpha value is -4.40. The van der Waals surface area contributed by atoms with E-state index in [1.54, 1.807) is 19.5 Å². The minimum absolute atomic E-state index is 0.185. The van der Waals surface area contributed by atoms with Crippen LogP contribution < -0.4 is 19.7 Å². The van der Waals surface area contributed by atoms with Crippen LogP contribution in [-0.2, 0) is 0 Å². The number of aromatic nitrogens is 3. The number of methoxy groups -OCH3 is 1. The lowest BCUT2D eigenvalue weighted by molar-refractivity contribution is 0.413. The van der Waals surface area contributed by atoms with Gasteiger partial charge in [0.05, 0.1) is 23.9 Å². The first-order valence-electron chi connectivity index (χ1n) is 12.3. The van der Waals surface area contributed by atoms with Crippen LogP contribution in [0, 0.1) is 0 Å². The molecule has 0 spiro atoms. The van der Waals surface area contributed by atoms with Gasteiger partial charge in [-0.1, -0.05) is 17.7 Å². The van der Waals surface area contributed by atoms with Gasteiger partial charge >= 0.3 is 0 Å². The molecule has 0 unspecified atom stereocenters. The summed E-state index contributed by atoms with van der Waals surface area (Å²) in [6.45, 7) is 0. The minimum atomic E-state index is -0.201. The molecular weight excluding hydrogens is 530 g/mol. The summed E-state index contributed by atoms with van der Waals surface area (Å²) in [5.74, 6) is 2.98. The van der Waals surface area contributed by atoms with Crippen LogP contribution in [0.5, 0.6) is 17.2 Å². The molecule has 0 saturated carbocycles. The number of thiocarbonyl (C=S) groups is 1. The van der Waals surface area contributed by atoms with Gasteiger partial charge in [0.15, 0.2) is 5.11 Å². The molecule has 1 saturated heterocycles. The van der Waals surface area contributed by atoms with Crippen molar-refractivity contribution in [3.8, 4) is 23.1 Å². The van der Waals surface area contributed by atoms with Crippen LogP contribution in [0.3, 0.4) is 0 Å². The molecule has 2 atom stereocenters. The van der Waals surface area contributed by atoms with E-state index in [9.17, 15) is 0 Å². The number of nitrogens with one attached hydrogen (secondary N) is 1. The Kier molecular flexibility index (Phi) is 6.87. The van der Waals surface area contributed by atoms with Crippen LogP contribution in [0.1, 0.15) is 23.5 Å². The molecule has 1 N–H and O–H groups in total. The van der Waals surface area contributed by atoms with Crippen LogP contribution in [0.2, 0.25) is 5.02 Å². The summed E-state index contributed by atoms with van der Waals surface area (Å²) in [6.07, 6.45) is 5.44. The van der Waals surface area contributed by atoms with Crippen LogP contribution in [0.15, 0.2) is 110 Å². The zero-order chi connectivity index (χ0) is 26.8. The fourth-order valence-corrected chi connectivity index (χ4v) is 5.20. The number of hydrogen-bond acceptors (Lipinski definition) is 5. The molecule has 0 bridgehead atoms. The average Bonchev–Trinajstić information content (AvgIpc) is 3.59. The van der Waals surface area contributed by atoms with Crippen molar-refractivity contribution in [2.75, 3.05) is 12.0 Å². The molecule has 1 aliphatic rings. The topological polar surface area (TPSA) is 64.4 Å². The van der Waals surface area contributed by atoms with Gasteiger partial charge in [-0.05, 0) is 97.1 Å². The first kappa shape index (κ1) is 24.9. The highest BCUT2D eigenvalue weighted by Gasteiger charge is 2.42. The van der Waals surface area contributed by atoms with Gasteiger partial charge in [-0.15, -0.1) is 0 Å². The van der Waals surface area contributed by atoms with Crippen molar-refractivity contribution in [1.29, 1.82) is 0 Å². The lowest BCUT2D eigenvalue weighted by Crippen LogP contribution is -2.30. The largest absolute Gasteiger partial charge is 0.497 e. The number of halogens is 1. The summed E-state index contributed by atoms with van der Waals surface area (Å²) in [7, 11) is 1.64. The zero-order valence-electron chi connectivity index (χ0n) is 20.9. The van der Waals surface area contributed by atoms with Crippen LogP contribution in [0.25, 0.3) is 5.82 Å². The average molecular weight is 554 g/mol. The fraction of sp³-hybridized carbons (Fsp3) is 0.100. The molecule has 4 heterocycles. The molecule has 3 aromatic heterocycles. The SMILES string of the molecule is COc1ccc(Oc2ccc(N3C(=S)N[C@H](c4ccccn4)[C@H]3c3cccn3-c3ccc(Cl)cn3)cc2)cc1. The molecule has 5 aromatic rings. The first-order chi connectivity index (χ1) is 19.1. The highest BCUT2D eigenvalue weighted by molar-refractivity contribution is 7.80. The van der Waals surface area contributed by atoms with E-state index < -0.39 is 0 Å². The second-order valence-corrected chi connectivity index (χ2v) is 9.73. The van der Waals surface area contributed by atoms with Crippen molar-refractivity contribution >= 4 is 34.6 Å². The molecule has 39 heavy (non-hydrogen) atoms. The maximum atomic E-state index is 6.11. The van der Waals surface area contributed by atoms with Crippen molar-refractivity contribution in [2.45, 2.75) is 12.1 Å². The Bertz CT molecular complexity index is 1580. The van der Waals surface area contributed by atoms with Gasteiger partial charge in [0, 0.05) is 30.0 Å². The van der Waals surface area contributed by atoms with E-state index in [4.69, 9.17) is 33.3 Å². The molecule has 194 valence electrons. The number of rotatable bonds is 7. The maximum Gasteiger partial charge on any atom is 0.174 e. The number of benzene rings is 2. The van der Waals surface area contributed by atoms with Gasteiger partial charge in [0.2, 0.25) is 0 Å². The van der Waals surface area contributed by atoms with Crippen molar-refractivity contribution in [3.05, 3.63) is 126 Å². The van der Waals surface area contributed by atoms with Crippen molar-refractivity contribution in [1.82, 2.24) is 19.9 Å². The van der Waals surface area contributed by atoms with E-state index in [0.717, 1.165) is 34.4 Å². The monoisotopic (exact) mass is 553 g/mol. The molecule has 0 amide bonds. The third-order valence-corrected chi connectivity index (χ3v) is 7.09. The Balaban J connectivity index is 1.36. The van der Waals surface area contributed by atoms with Gasteiger partial charge in [0.1, 0.15) is 29.1 Å². The third kappa shape index (κ3) is 5.04. The second-order valence-electron chi connectivity index (χ2n) is 8.91. The number of nitrogens with zero attached hydrogens (tertiary/aromatic N) is 4. The van der Waals surface area contributed by atoms with Crippen molar-refractivity contribution in [2.24, 2.45) is 0 Å². The van der Waals surface area contributed by atoms with E-state index in [2.05, 4.69) is 30.8 Å². The molecule has 9 heteroatoms. The zero-order valence-corrected chi connectivity index (χ0v) is 22.5. The summed E-state index contributed by atoms with van der Waals surface area (Å²) < 4.78 is 13.3. The quantitative estimate of drug-likeness (QED) is 0.220. The molecule has 1 aliphatic heterocycles. The summed E-state index contributed by atoms with van der Waals surface area (Å²) in [5.41, 5.74) is 2.82. The van der Waals surface area contributed by atoms with Crippen LogP contribution >= 0.6 is 23.8 Å². The van der Waals surface area contributed by atoms with E-state index >= 15 is 0 Å². The predicted molar refractivity (Wildman–Crippen MR) is 156 cm³/mol. The standard InChI is InChI=1S/C30H24ClN5O2S/c1-37-22-12-14-24(15-13-22)38-23-10-8-21(9-11-23)36-29(28(34-30(36)39)25-5-2-3-17-32-25)26-6-4-18-35(26)27-16-7-20(31)19-33-27/h2-19,28-29H,1H3,(H,34,39)/t28-,29-/m1/s1. The predicted octanol–water partition coefficient (Wildman–Crippen LogP) is 6.90. The molecule has 2 aromatic carbocycles. The van der Waals surface area contributed by atoms with Crippen LogP contribution in [-0.4, -0.2) is 26.8 Å². The number of hydrogen-bond donors (Lipinski definition) is 1. The van der Waals surface area contributed by atoms with Gasteiger partial charge in [-0.25, -0.2) is 4.98 Å². The Morgan fingerprint density at radius 1 is 0.846 bits per heavy atom. The second kappa shape index (κ2) is 10.8. The summed E-state index contributed by atoms with van der Waals surface area (Å²) in [4.78, 5) is 11.3. The number of pyridine rings is 2. The minimum Gasteiger partial charge on any atom is -0.497 e. The van der Waals surface area contributed by atoms with Crippen molar-refractivity contribution in [3.63, 3.8) is 0 Å².